The van der Waals surface area contributed by atoms with Crippen LogP contribution in [-0.2, 0) is 6.54 Å². The maximum Gasteiger partial charge on any atom is 0.288 e. The zero-order chi connectivity index (χ0) is 15.1. The van der Waals surface area contributed by atoms with E-state index in [2.05, 4.69) is 24.4 Å². The molecule has 2 aromatic carbocycles. The van der Waals surface area contributed by atoms with E-state index in [9.17, 15) is 8.78 Å². The summed E-state index contributed by atoms with van der Waals surface area (Å²) in [5.41, 5.74) is 3.39. The van der Waals surface area contributed by atoms with Gasteiger partial charge in [0.05, 0.1) is 0 Å². The summed E-state index contributed by atoms with van der Waals surface area (Å²) in [6.07, 6.45) is 1.11. The van der Waals surface area contributed by atoms with Gasteiger partial charge >= 0.3 is 0 Å². The molecule has 1 N–H and O–H groups in total. The van der Waals surface area contributed by atoms with E-state index >= 15 is 0 Å². The second-order valence-corrected chi connectivity index (χ2v) is 5.84. The van der Waals surface area contributed by atoms with Crippen LogP contribution in [0.5, 0.6) is 0 Å². The van der Waals surface area contributed by atoms with Crippen LogP contribution in [0.4, 0.5) is 8.78 Å². The molecule has 21 heavy (non-hydrogen) atoms. The Kier molecular flexibility index (Phi) is 6.21. The van der Waals surface area contributed by atoms with E-state index in [0.717, 1.165) is 30.6 Å². The number of rotatable bonds is 7. The van der Waals surface area contributed by atoms with E-state index < -0.39 is 5.76 Å². The van der Waals surface area contributed by atoms with Gasteiger partial charge in [-0.05, 0) is 47.9 Å². The number of alkyl halides is 2. The molecule has 0 aliphatic rings. The maximum atomic E-state index is 12.3. The van der Waals surface area contributed by atoms with E-state index in [1.807, 2.05) is 24.3 Å². The standard InChI is InChI=1S/C17H19F2NS/c1-2-10-20-12-13-4-3-5-15(11-13)14-6-8-16(9-7-14)21-17(18)19/h3-9,11,17,20H,2,10,12H2,1H3. The lowest BCUT2D eigenvalue weighted by Crippen LogP contribution is -2.13. The minimum atomic E-state index is -2.37. The van der Waals surface area contributed by atoms with Gasteiger partial charge in [0.2, 0.25) is 0 Å². The molecule has 4 heteroatoms. The molecule has 0 fully saturated rings. The van der Waals surface area contributed by atoms with Crippen molar-refractivity contribution < 1.29 is 8.78 Å². The summed E-state index contributed by atoms with van der Waals surface area (Å²) in [7, 11) is 0. The van der Waals surface area contributed by atoms with E-state index in [0.29, 0.717) is 16.7 Å². The number of halogens is 2. The molecule has 0 aliphatic carbocycles. The fraction of sp³-hybridized carbons (Fsp3) is 0.294. The number of benzene rings is 2. The molecule has 0 aliphatic heterocycles. The van der Waals surface area contributed by atoms with Gasteiger partial charge in [-0.1, -0.05) is 49.0 Å². The van der Waals surface area contributed by atoms with Gasteiger partial charge in [0.1, 0.15) is 0 Å². The highest BCUT2D eigenvalue weighted by Gasteiger charge is 2.05. The summed E-state index contributed by atoms with van der Waals surface area (Å²) in [5.74, 6) is -2.37. The van der Waals surface area contributed by atoms with Gasteiger partial charge in [-0.25, -0.2) is 0 Å². The van der Waals surface area contributed by atoms with E-state index in [4.69, 9.17) is 0 Å². The number of hydrogen-bond donors (Lipinski definition) is 1. The Morgan fingerprint density at radius 3 is 2.48 bits per heavy atom. The zero-order valence-corrected chi connectivity index (χ0v) is 12.8. The quantitative estimate of drug-likeness (QED) is 0.559. The monoisotopic (exact) mass is 307 g/mol. The number of nitrogens with one attached hydrogen (secondary N) is 1. The predicted octanol–water partition coefficient (Wildman–Crippen LogP) is 5.17. The van der Waals surface area contributed by atoms with Crippen LogP contribution in [0.25, 0.3) is 11.1 Å². The lowest BCUT2D eigenvalue weighted by Gasteiger charge is -2.07. The fourth-order valence-electron chi connectivity index (χ4n) is 2.10. The summed E-state index contributed by atoms with van der Waals surface area (Å²) in [4.78, 5) is 0.592. The van der Waals surface area contributed by atoms with E-state index in [-0.39, 0.29) is 0 Å². The highest BCUT2D eigenvalue weighted by atomic mass is 32.2. The molecule has 0 amide bonds. The van der Waals surface area contributed by atoms with Crippen LogP contribution in [0.1, 0.15) is 18.9 Å². The average Bonchev–Trinajstić information content (AvgIpc) is 2.48. The van der Waals surface area contributed by atoms with Crippen molar-refractivity contribution in [3.05, 3.63) is 54.1 Å². The summed E-state index contributed by atoms with van der Waals surface area (Å²) >= 11 is 0.576. The highest BCUT2D eigenvalue weighted by Crippen LogP contribution is 2.28. The van der Waals surface area contributed by atoms with Crippen LogP contribution in [0.15, 0.2) is 53.4 Å². The van der Waals surface area contributed by atoms with Crippen molar-refractivity contribution in [3.8, 4) is 11.1 Å². The lowest BCUT2D eigenvalue weighted by molar-refractivity contribution is 0.252. The Hall–Kier alpha value is -1.39. The minimum absolute atomic E-state index is 0.576. The van der Waals surface area contributed by atoms with Gasteiger partial charge in [0, 0.05) is 11.4 Å². The SMILES string of the molecule is CCCNCc1cccc(-c2ccc(SC(F)F)cc2)c1. The van der Waals surface area contributed by atoms with E-state index in [1.54, 1.807) is 12.1 Å². The first-order chi connectivity index (χ1) is 10.2. The van der Waals surface area contributed by atoms with Gasteiger partial charge in [0.25, 0.3) is 5.76 Å². The molecule has 0 atom stereocenters. The van der Waals surface area contributed by atoms with Crippen LogP contribution < -0.4 is 5.32 Å². The Morgan fingerprint density at radius 2 is 1.81 bits per heavy atom. The largest absolute Gasteiger partial charge is 0.313 e. The molecular weight excluding hydrogens is 288 g/mol. The predicted molar refractivity (Wildman–Crippen MR) is 85.7 cm³/mol. The normalized spacial score (nSPS) is 11.0. The van der Waals surface area contributed by atoms with Crippen molar-refractivity contribution >= 4 is 11.8 Å². The summed E-state index contributed by atoms with van der Waals surface area (Å²) in [6, 6.07) is 15.6. The first kappa shape index (κ1) is 16.0. The molecule has 0 aromatic heterocycles. The zero-order valence-electron chi connectivity index (χ0n) is 12.0. The summed E-state index contributed by atoms with van der Waals surface area (Å²) < 4.78 is 24.6. The Bertz CT molecular complexity index is 555. The van der Waals surface area contributed by atoms with Crippen LogP contribution in [0.2, 0.25) is 0 Å². The third-order valence-electron chi connectivity index (χ3n) is 3.10. The molecular formula is C17H19F2NS. The molecule has 0 bridgehead atoms. The van der Waals surface area contributed by atoms with Crippen LogP contribution in [0.3, 0.4) is 0 Å². The Morgan fingerprint density at radius 1 is 1.05 bits per heavy atom. The lowest BCUT2D eigenvalue weighted by atomic mass is 10.0. The average molecular weight is 307 g/mol. The van der Waals surface area contributed by atoms with Crippen LogP contribution in [0, 0.1) is 0 Å². The molecule has 1 nitrogen and oxygen atoms in total. The molecule has 0 saturated carbocycles. The molecule has 0 unspecified atom stereocenters. The number of hydrogen-bond acceptors (Lipinski definition) is 2. The number of thioether (sulfide) groups is 1. The third-order valence-corrected chi connectivity index (χ3v) is 3.82. The molecule has 0 radical (unpaired) electrons. The Labute approximate surface area is 128 Å². The van der Waals surface area contributed by atoms with Gasteiger partial charge in [0.15, 0.2) is 0 Å². The second kappa shape index (κ2) is 8.15. The summed E-state index contributed by atoms with van der Waals surface area (Å²) in [6.45, 7) is 3.99. The highest BCUT2D eigenvalue weighted by molar-refractivity contribution is 7.99. The fourth-order valence-corrected chi connectivity index (χ4v) is 2.60. The third kappa shape index (κ3) is 5.14. The van der Waals surface area contributed by atoms with Crippen molar-refractivity contribution in [1.82, 2.24) is 5.32 Å². The van der Waals surface area contributed by atoms with Crippen LogP contribution >= 0.6 is 11.8 Å². The van der Waals surface area contributed by atoms with Crippen molar-refractivity contribution in [2.75, 3.05) is 6.54 Å². The van der Waals surface area contributed by atoms with E-state index in [1.165, 1.54) is 5.56 Å². The van der Waals surface area contributed by atoms with Crippen molar-refractivity contribution in [2.45, 2.75) is 30.5 Å². The van der Waals surface area contributed by atoms with Gasteiger partial charge in [-0.3, -0.25) is 0 Å². The topological polar surface area (TPSA) is 12.0 Å². The molecule has 2 aromatic rings. The summed E-state index contributed by atoms with van der Waals surface area (Å²) in [5, 5.41) is 3.37. The molecule has 0 heterocycles. The molecule has 112 valence electrons. The van der Waals surface area contributed by atoms with Crippen LogP contribution in [-0.4, -0.2) is 12.3 Å². The minimum Gasteiger partial charge on any atom is -0.313 e. The van der Waals surface area contributed by atoms with Gasteiger partial charge in [-0.2, -0.15) is 8.78 Å². The Balaban J connectivity index is 2.08. The second-order valence-electron chi connectivity index (χ2n) is 4.78. The first-order valence-electron chi connectivity index (χ1n) is 7.04. The smallest absolute Gasteiger partial charge is 0.288 e. The maximum absolute atomic E-state index is 12.3. The van der Waals surface area contributed by atoms with Crippen molar-refractivity contribution in [2.24, 2.45) is 0 Å². The molecule has 0 saturated heterocycles. The van der Waals surface area contributed by atoms with Gasteiger partial charge < -0.3 is 5.32 Å². The first-order valence-corrected chi connectivity index (χ1v) is 7.92. The molecule has 0 spiro atoms. The van der Waals surface area contributed by atoms with Gasteiger partial charge in [-0.15, -0.1) is 0 Å². The van der Waals surface area contributed by atoms with Crippen molar-refractivity contribution in [1.29, 1.82) is 0 Å². The molecule has 2 rings (SSSR count). The van der Waals surface area contributed by atoms with Crippen molar-refractivity contribution in [3.63, 3.8) is 0 Å².